The van der Waals surface area contributed by atoms with E-state index in [-0.39, 0.29) is 5.56 Å². The van der Waals surface area contributed by atoms with E-state index in [1.807, 2.05) is 18.2 Å². The van der Waals surface area contributed by atoms with Crippen molar-refractivity contribution >= 4 is 0 Å². The van der Waals surface area contributed by atoms with Gasteiger partial charge in [-0.1, -0.05) is 18.2 Å². The molecule has 2 aliphatic carbocycles. The first kappa shape index (κ1) is 8.41. The highest BCUT2D eigenvalue weighted by molar-refractivity contribution is 6.07. The molecular formula is C12H6F2O. The molecule has 0 bridgehead atoms. The summed E-state index contributed by atoms with van der Waals surface area (Å²) in [6, 6.07) is 8.13. The summed E-state index contributed by atoms with van der Waals surface area (Å²) in [6.45, 7) is 0. The number of phenolic OH excluding ortho intramolecular Hbond substituents is 1. The van der Waals surface area contributed by atoms with Gasteiger partial charge in [-0.05, 0) is 23.3 Å². The van der Waals surface area contributed by atoms with Gasteiger partial charge in [0.2, 0.25) is 5.82 Å². The molecule has 0 atom stereocenters. The van der Waals surface area contributed by atoms with Gasteiger partial charge in [0.05, 0.1) is 0 Å². The molecule has 1 N–H and O–H groups in total. The molecular weight excluding hydrogens is 198 g/mol. The minimum absolute atomic E-state index is 0.218. The molecule has 0 radical (unpaired) electrons. The van der Waals surface area contributed by atoms with E-state index in [1.54, 1.807) is 0 Å². The first-order valence-corrected chi connectivity index (χ1v) is 4.51. The van der Waals surface area contributed by atoms with Crippen LogP contribution in [0.3, 0.4) is 0 Å². The Balaban J connectivity index is 2.21. The van der Waals surface area contributed by atoms with E-state index in [0.29, 0.717) is 0 Å². The minimum Gasteiger partial charge on any atom is -0.505 e. The molecule has 0 aliphatic heterocycles. The Morgan fingerprint density at radius 1 is 0.800 bits per heavy atom. The van der Waals surface area contributed by atoms with Crippen molar-refractivity contribution in [3.8, 4) is 28.0 Å². The zero-order valence-electron chi connectivity index (χ0n) is 7.59. The quantitative estimate of drug-likeness (QED) is 0.644. The Morgan fingerprint density at radius 3 is 2.13 bits per heavy atom. The largest absolute Gasteiger partial charge is 0.505 e. The molecule has 0 fully saturated rings. The molecule has 0 spiro atoms. The molecule has 2 aliphatic rings. The maximum atomic E-state index is 13.4. The molecule has 0 amide bonds. The summed E-state index contributed by atoms with van der Waals surface area (Å²) in [7, 11) is 0. The predicted octanol–water partition coefficient (Wildman–Crippen LogP) is 3.32. The lowest BCUT2D eigenvalue weighted by atomic mass is 10.1. The molecule has 1 nitrogen and oxygen atoms in total. The van der Waals surface area contributed by atoms with E-state index >= 15 is 0 Å². The first-order chi connectivity index (χ1) is 7.20. The van der Waals surface area contributed by atoms with Gasteiger partial charge < -0.3 is 5.11 Å². The highest BCUT2D eigenvalue weighted by Gasteiger charge is 2.28. The van der Waals surface area contributed by atoms with Crippen LogP contribution in [0.5, 0.6) is 5.75 Å². The lowest BCUT2D eigenvalue weighted by Gasteiger charge is -2.00. The minimum atomic E-state index is -1.19. The standard InChI is InChI=1S/C12H6F2O/c13-11-8(4-5-9(15)12(11)14)10-6-2-1-3-7(6)10/h1-5,15H. The highest BCUT2D eigenvalue weighted by atomic mass is 19.2. The van der Waals surface area contributed by atoms with Crippen LogP contribution < -0.4 is 0 Å². The Bertz CT molecular complexity index is 556. The normalized spacial score (nSPS) is 11.6. The average molecular weight is 204 g/mol. The maximum absolute atomic E-state index is 13.4. The fraction of sp³-hybridized carbons (Fsp3) is 0. The van der Waals surface area contributed by atoms with Crippen LogP contribution in [0.4, 0.5) is 8.78 Å². The summed E-state index contributed by atoms with van der Waals surface area (Å²) in [5, 5.41) is 8.97. The van der Waals surface area contributed by atoms with Gasteiger partial charge in [0.1, 0.15) is 0 Å². The van der Waals surface area contributed by atoms with E-state index in [4.69, 9.17) is 5.11 Å². The van der Waals surface area contributed by atoms with Crippen LogP contribution in [0.25, 0.3) is 22.3 Å². The van der Waals surface area contributed by atoms with E-state index in [0.717, 1.165) is 16.7 Å². The number of fused-ring (bicyclic) bond motifs is 1. The van der Waals surface area contributed by atoms with Crippen molar-refractivity contribution in [2.75, 3.05) is 0 Å². The van der Waals surface area contributed by atoms with Gasteiger partial charge in [0, 0.05) is 11.1 Å². The zero-order chi connectivity index (χ0) is 10.6. The molecule has 74 valence electrons. The van der Waals surface area contributed by atoms with Gasteiger partial charge in [0.25, 0.3) is 0 Å². The number of rotatable bonds is 1. The molecule has 0 heterocycles. The van der Waals surface area contributed by atoms with Crippen molar-refractivity contribution in [3.05, 3.63) is 42.0 Å². The third-order valence-corrected chi connectivity index (χ3v) is 2.62. The number of hydrogen-bond donors (Lipinski definition) is 1. The van der Waals surface area contributed by atoms with Crippen LogP contribution in [-0.2, 0) is 0 Å². The van der Waals surface area contributed by atoms with Gasteiger partial charge in [-0.15, -0.1) is 0 Å². The lowest BCUT2D eigenvalue weighted by Crippen LogP contribution is -1.87. The van der Waals surface area contributed by atoms with Crippen molar-refractivity contribution in [3.63, 3.8) is 0 Å². The summed E-state index contributed by atoms with van der Waals surface area (Å²) in [6.07, 6.45) is 0. The van der Waals surface area contributed by atoms with Gasteiger partial charge in [-0.3, -0.25) is 0 Å². The summed E-state index contributed by atoms with van der Waals surface area (Å²) in [4.78, 5) is 0. The smallest absolute Gasteiger partial charge is 0.200 e. The SMILES string of the molecule is Oc1ccc(-c2c3cccc2-3)c(F)c1F. The Hall–Kier alpha value is -1.90. The van der Waals surface area contributed by atoms with E-state index < -0.39 is 17.4 Å². The molecule has 3 heteroatoms. The third kappa shape index (κ3) is 1.00. The van der Waals surface area contributed by atoms with Crippen LogP contribution in [0, 0.1) is 11.6 Å². The monoisotopic (exact) mass is 204 g/mol. The molecule has 0 unspecified atom stereocenters. The van der Waals surface area contributed by atoms with Crippen LogP contribution in [0.1, 0.15) is 0 Å². The fourth-order valence-electron chi connectivity index (χ4n) is 1.83. The van der Waals surface area contributed by atoms with Crippen molar-refractivity contribution in [1.29, 1.82) is 0 Å². The molecule has 1 aromatic rings. The number of aromatic hydroxyl groups is 1. The molecule has 0 saturated carbocycles. The second-order valence-corrected chi connectivity index (χ2v) is 3.49. The summed E-state index contributed by atoms with van der Waals surface area (Å²) in [5.74, 6) is -2.83. The van der Waals surface area contributed by atoms with Crippen LogP contribution in [0.15, 0.2) is 30.3 Å². The molecule has 0 saturated heterocycles. The Morgan fingerprint density at radius 2 is 1.47 bits per heavy atom. The number of phenols is 1. The van der Waals surface area contributed by atoms with Crippen molar-refractivity contribution < 1.29 is 13.9 Å². The van der Waals surface area contributed by atoms with Crippen LogP contribution >= 0.6 is 0 Å². The second-order valence-electron chi connectivity index (χ2n) is 3.49. The number of halogens is 2. The lowest BCUT2D eigenvalue weighted by molar-refractivity contribution is 0.408. The zero-order valence-corrected chi connectivity index (χ0v) is 7.59. The third-order valence-electron chi connectivity index (χ3n) is 2.62. The van der Waals surface area contributed by atoms with Crippen molar-refractivity contribution in [1.82, 2.24) is 0 Å². The van der Waals surface area contributed by atoms with E-state index in [1.165, 1.54) is 12.1 Å². The van der Waals surface area contributed by atoms with Crippen molar-refractivity contribution in [2.45, 2.75) is 0 Å². The fourth-order valence-corrected chi connectivity index (χ4v) is 1.83. The summed E-state index contributed by atoms with van der Waals surface area (Å²) < 4.78 is 26.5. The van der Waals surface area contributed by atoms with Gasteiger partial charge >= 0.3 is 0 Å². The Labute approximate surface area is 84.6 Å². The summed E-state index contributed by atoms with van der Waals surface area (Å²) >= 11 is 0. The number of hydrogen-bond acceptors (Lipinski definition) is 1. The van der Waals surface area contributed by atoms with Gasteiger partial charge in [-0.25, -0.2) is 4.39 Å². The van der Waals surface area contributed by atoms with Crippen molar-refractivity contribution in [2.24, 2.45) is 0 Å². The van der Waals surface area contributed by atoms with Crippen LogP contribution in [0.2, 0.25) is 0 Å². The van der Waals surface area contributed by atoms with E-state index in [2.05, 4.69) is 0 Å². The maximum Gasteiger partial charge on any atom is 0.200 e. The first-order valence-electron chi connectivity index (χ1n) is 4.51. The molecule has 15 heavy (non-hydrogen) atoms. The molecule has 3 rings (SSSR count). The average Bonchev–Trinajstić information content (AvgIpc) is 2.71. The van der Waals surface area contributed by atoms with E-state index in [9.17, 15) is 8.78 Å². The summed E-state index contributed by atoms with van der Waals surface area (Å²) in [5.41, 5.74) is 2.88. The second kappa shape index (κ2) is 2.57. The number of benzene rings is 2. The van der Waals surface area contributed by atoms with Crippen LogP contribution in [-0.4, -0.2) is 5.11 Å². The van der Waals surface area contributed by atoms with Gasteiger partial charge in [-0.2, -0.15) is 4.39 Å². The Kier molecular flexibility index (Phi) is 1.44. The van der Waals surface area contributed by atoms with Gasteiger partial charge in [0.15, 0.2) is 11.6 Å². The molecule has 0 aromatic heterocycles. The predicted molar refractivity (Wildman–Crippen MR) is 52.5 cm³/mol. The highest BCUT2D eigenvalue weighted by Crippen LogP contribution is 2.52. The topological polar surface area (TPSA) is 20.2 Å². The molecule has 1 aromatic carbocycles.